The van der Waals surface area contributed by atoms with E-state index in [1.54, 1.807) is 13.0 Å². The van der Waals surface area contributed by atoms with E-state index in [4.69, 9.17) is 11.6 Å². The summed E-state index contributed by atoms with van der Waals surface area (Å²) < 4.78 is 13.1. The first-order valence-electron chi connectivity index (χ1n) is 5.71. The highest BCUT2D eigenvalue weighted by Crippen LogP contribution is 2.14. The first-order valence-corrected chi connectivity index (χ1v) is 6.09. The molecule has 0 bridgehead atoms. The number of halogens is 2. The van der Waals surface area contributed by atoms with Gasteiger partial charge in [-0.25, -0.2) is 9.37 Å². The van der Waals surface area contributed by atoms with Gasteiger partial charge >= 0.3 is 0 Å². The van der Waals surface area contributed by atoms with Crippen LogP contribution in [0.5, 0.6) is 0 Å². The zero-order valence-electron chi connectivity index (χ0n) is 10.3. The summed E-state index contributed by atoms with van der Waals surface area (Å²) in [6.45, 7) is 1.89. The highest BCUT2D eigenvalue weighted by molar-refractivity contribution is 6.31. The Morgan fingerprint density at radius 2 is 2.16 bits per heavy atom. The molecule has 3 nitrogen and oxygen atoms in total. The van der Waals surface area contributed by atoms with Crippen molar-refractivity contribution in [2.24, 2.45) is 0 Å². The summed E-state index contributed by atoms with van der Waals surface area (Å²) in [5.41, 5.74) is 1.39. The zero-order chi connectivity index (χ0) is 13.8. The topological polar surface area (TPSA) is 42.0 Å². The highest BCUT2D eigenvalue weighted by atomic mass is 35.5. The maximum atomic E-state index is 13.1. The second-order valence-electron chi connectivity index (χ2n) is 4.09. The number of aryl methyl sites for hydroxylation is 1. The van der Waals surface area contributed by atoms with Crippen LogP contribution in [0.15, 0.2) is 36.5 Å². The summed E-state index contributed by atoms with van der Waals surface area (Å²) in [5, 5.41) is 3.28. The van der Waals surface area contributed by atoms with Gasteiger partial charge in [0.2, 0.25) is 0 Å². The van der Waals surface area contributed by atoms with E-state index in [0.29, 0.717) is 17.1 Å². The first-order chi connectivity index (χ1) is 9.08. The molecule has 1 aromatic carbocycles. The van der Waals surface area contributed by atoms with Gasteiger partial charge in [-0.1, -0.05) is 29.8 Å². The van der Waals surface area contributed by atoms with Gasteiger partial charge in [-0.3, -0.25) is 4.79 Å². The summed E-state index contributed by atoms with van der Waals surface area (Å²) in [5.74, 6) is -0.786. The average molecular weight is 279 g/mol. The summed E-state index contributed by atoms with van der Waals surface area (Å²) >= 11 is 5.98. The van der Waals surface area contributed by atoms with Gasteiger partial charge in [0, 0.05) is 11.6 Å². The van der Waals surface area contributed by atoms with Crippen LogP contribution in [0.25, 0.3) is 0 Å². The van der Waals surface area contributed by atoms with Crippen LogP contribution in [0, 0.1) is 12.7 Å². The third kappa shape index (κ3) is 3.29. The van der Waals surface area contributed by atoms with Crippen molar-refractivity contribution in [1.82, 2.24) is 10.3 Å². The number of hydrogen-bond donors (Lipinski definition) is 1. The molecule has 0 aliphatic rings. The SMILES string of the molecule is Cc1cc(C(=O)NCc2ccccc2Cl)ncc1F. The molecule has 2 rings (SSSR count). The van der Waals surface area contributed by atoms with E-state index in [2.05, 4.69) is 10.3 Å². The third-order valence-electron chi connectivity index (χ3n) is 2.68. The maximum Gasteiger partial charge on any atom is 0.270 e. The van der Waals surface area contributed by atoms with Crippen LogP contribution in [0.4, 0.5) is 4.39 Å². The monoisotopic (exact) mass is 278 g/mol. The van der Waals surface area contributed by atoms with Crippen LogP contribution in [-0.4, -0.2) is 10.9 Å². The van der Waals surface area contributed by atoms with E-state index in [1.807, 2.05) is 18.2 Å². The Balaban J connectivity index is 2.05. The molecule has 0 saturated carbocycles. The van der Waals surface area contributed by atoms with Crippen molar-refractivity contribution in [3.63, 3.8) is 0 Å². The van der Waals surface area contributed by atoms with Crippen LogP contribution in [0.3, 0.4) is 0 Å². The Kier molecular flexibility index (Phi) is 4.12. The molecule has 5 heteroatoms. The minimum atomic E-state index is -0.428. The molecule has 0 atom stereocenters. The van der Waals surface area contributed by atoms with Gasteiger partial charge in [-0.05, 0) is 30.2 Å². The molecule has 1 N–H and O–H groups in total. The van der Waals surface area contributed by atoms with Crippen molar-refractivity contribution in [3.8, 4) is 0 Å². The molecule has 0 unspecified atom stereocenters. The summed E-state index contributed by atoms with van der Waals surface area (Å²) in [6, 6.07) is 8.65. The van der Waals surface area contributed by atoms with E-state index in [9.17, 15) is 9.18 Å². The van der Waals surface area contributed by atoms with Crippen LogP contribution in [-0.2, 0) is 6.54 Å². The molecule has 2 aromatic rings. The summed E-state index contributed by atoms with van der Waals surface area (Å²) in [6.07, 6.45) is 1.04. The fourth-order valence-electron chi connectivity index (χ4n) is 1.57. The normalized spacial score (nSPS) is 10.3. The van der Waals surface area contributed by atoms with Crippen LogP contribution in [0.2, 0.25) is 5.02 Å². The first kappa shape index (κ1) is 13.5. The quantitative estimate of drug-likeness (QED) is 0.937. The highest BCUT2D eigenvalue weighted by Gasteiger charge is 2.09. The number of pyridine rings is 1. The third-order valence-corrected chi connectivity index (χ3v) is 3.05. The molecule has 1 aromatic heterocycles. The Morgan fingerprint density at radius 3 is 2.84 bits per heavy atom. The Labute approximate surface area is 115 Å². The lowest BCUT2D eigenvalue weighted by Crippen LogP contribution is -2.24. The number of nitrogens with zero attached hydrogens (tertiary/aromatic N) is 1. The maximum absolute atomic E-state index is 13.1. The second kappa shape index (κ2) is 5.80. The van der Waals surface area contributed by atoms with Crippen molar-refractivity contribution in [2.75, 3.05) is 0 Å². The molecule has 1 amide bonds. The molecule has 0 fully saturated rings. The molecular formula is C14H12ClFN2O. The number of hydrogen-bond acceptors (Lipinski definition) is 2. The molecule has 1 heterocycles. The number of nitrogens with one attached hydrogen (secondary N) is 1. The molecule has 98 valence electrons. The van der Waals surface area contributed by atoms with Crippen molar-refractivity contribution in [3.05, 3.63) is 64.2 Å². The van der Waals surface area contributed by atoms with Crippen LogP contribution >= 0.6 is 11.6 Å². The lowest BCUT2D eigenvalue weighted by Gasteiger charge is -2.07. The summed E-state index contributed by atoms with van der Waals surface area (Å²) in [7, 11) is 0. The molecule has 19 heavy (non-hydrogen) atoms. The molecule has 0 spiro atoms. The van der Waals surface area contributed by atoms with E-state index >= 15 is 0 Å². The zero-order valence-corrected chi connectivity index (χ0v) is 11.0. The summed E-state index contributed by atoms with van der Waals surface area (Å²) in [4.78, 5) is 15.6. The Morgan fingerprint density at radius 1 is 1.42 bits per heavy atom. The average Bonchev–Trinajstić information content (AvgIpc) is 2.40. The molecular weight excluding hydrogens is 267 g/mol. The number of carbonyl (C=O) groups excluding carboxylic acids is 1. The van der Waals surface area contributed by atoms with Crippen molar-refractivity contribution >= 4 is 17.5 Å². The van der Waals surface area contributed by atoms with Gasteiger partial charge in [0.1, 0.15) is 11.5 Å². The van der Waals surface area contributed by atoms with E-state index in [0.717, 1.165) is 11.8 Å². The number of rotatable bonds is 3. The van der Waals surface area contributed by atoms with Crippen LogP contribution in [0.1, 0.15) is 21.6 Å². The van der Waals surface area contributed by atoms with Crippen molar-refractivity contribution in [2.45, 2.75) is 13.5 Å². The number of benzene rings is 1. The molecule has 0 aliphatic heterocycles. The lowest BCUT2D eigenvalue weighted by atomic mass is 10.2. The molecule has 0 saturated heterocycles. The van der Waals surface area contributed by atoms with Gasteiger partial charge in [-0.2, -0.15) is 0 Å². The van der Waals surface area contributed by atoms with Gasteiger partial charge in [0.15, 0.2) is 0 Å². The van der Waals surface area contributed by atoms with Gasteiger partial charge < -0.3 is 5.32 Å². The van der Waals surface area contributed by atoms with E-state index in [1.165, 1.54) is 6.07 Å². The van der Waals surface area contributed by atoms with Crippen LogP contribution < -0.4 is 5.32 Å². The predicted octanol–water partition coefficient (Wildman–Crippen LogP) is 3.11. The Bertz CT molecular complexity index is 616. The van der Waals surface area contributed by atoms with E-state index in [-0.39, 0.29) is 11.6 Å². The number of aromatic nitrogens is 1. The predicted molar refractivity (Wildman–Crippen MR) is 71.6 cm³/mol. The van der Waals surface area contributed by atoms with E-state index < -0.39 is 5.82 Å². The number of carbonyl (C=O) groups is 1. The van der Waals surface area contributed by atoms with Crippen molar-refractivity contribution < 1.29 is 9.18 Å². The number of amides is 1. The molecule has 0 aliphatic carbocycles. The standard InChI is InChI=1S/C14H12ClFN2O/c1-9-6-13(17-8-12(9)16)14(19)18-7-10-4-2-3-5-11(10)15/h2-6,8H,7H2,1H3,(H,18,19). The largest absolute Gasteiger partial charge is 0.347 e. The lowest BCUT2D eigenvalue weighted by molar-refractivity contribution is 0.0945. The smallest absolute Gasteiger partial charge is 0.270 e. The minimum Gasteiger partial charge on any atom is -0.347 e. The Hall–Kier alpha value is -1.94. The fourth-order valence-corrected chi connectivity index (χ4v) is 1.77. The fraction of sp³-hybridized carbons (Fsp3) is 0.143. The van der Waals surface area contributed by atoms with Gasteiger partial charge in [-0.15, -0.1) is 0 Å². The van der Waals surface area contributed by atoms with Gasteiger partial charge in [0.25, 0.3) is 5.91 Å². The van der Waals surface area contributed by atoms with Crippen molar-refractivity contribution in [1.29, 1.82) is 0 Å². The second-order valence-corrected chi connectivity index (χ2v) is 4.50. The molecule has 0 radical (unpaired) electrons. The van der Waals surface area contributed by atoms with Gasteiger partial charge in [0.05, 0.1) is 6.20 Å². The minimum absolute atomic E-state index is 0.186.